The lowest BCUT2D eigenvalue weighted by molar-refractivity contribution is -0.156. The molecule has 0 N–H and O–H groups in total. The summed E-state index contributed by atoms with van der Waals surface area (Å²) in [5.74, 6) is 1.19. The van der Waals surface area contributed by atoms with Crippen LogP contribution in [0, 0.1) is 11.8 Å². The third-order valence-corrected chi connectivity index (χ3v) is 10.4. The van der Waals surface area contributed by atoms with Gasteiger partial charge in [0, 0.05) is 0 Å². The largest absolute Gasteiger partial charge is 0.411 e. The van der Waals surface area contributed by atoms with Gasteiger partial charge >= 0.3 is 0 Å². The Bertz CT molecular complexity index is 335. The van der Waals surface area contributed by atoms with Crippen molar-refractivity contribution in [1.82, 2.24) is 0 Å². The Hall–Kier alpha value is 0.137. The molecule has 22 heavy (non-hydrogen) atoms. The first-order valence-electron chi connectivity index (χ1n) is 9.36. The molecule has 2 nitrogen and oxygen atoms in total. The fourth-order valence-electron chi connectivity index (χ4n) is 3.37. The van der Waals surface area contributed by atoms with E-state index in [1.165, 1.54) is 12.8 Å². The highest BCUT2D eigenvalue weighted by molar-refractivity contribution is 6.74. The van der Waals surface area contributed by atoms with Crippen LogP contribution < -0.4 is 0 Å². The van der Waals surface area contributed by atoms with Crippen molar-refractivity contribution in [3.8, 4) is 0 Å². The Kier molecular flexibility index (Phi) is 7.16. The van der Waals surface area contributed by atoms with Gasteiger partial charge in [-0.25, -0.2) is 0 Å². The predicted octanol–water partition coefficient (Wildman–Crippen LogP) is 6.02. The van der Waals surface area contributed by atoms with Gasteiger partial charge in [0.1, 0.15) is 0 Å². The molecule has 1 aliphatic heterocycles. The summed E-state index contributed by atoms with van der Waals surface area (Å²) in [6.45, 7) is 20.9. The maximum atomic E-state index is 6.80. The Labute approximate surface area is 140 Å². The molecular weight excluding hydrogens is 288 g/mol. The Morgan fingerprint density at radius 2 is 1.82 bits per heavy atom. The van der Waals surface area contributed by atoms with Crippen LogP contribution in [-0.2, 0) is 9.16 Å². The smallest absolute Gasteiger partial charge is 0.192 e. The first kappa shape index (κ1) is 20.2. The van der Waals surface area contributed by atoms with Crippen molar-refractivity contribution >= 4 is 8.32 Å². The number of hydrogen-bond acceptors (Lipinski definition) is 2. The Morgan fingerprint density at radius 1 is 1.23 bits per heavy atom. The third kappa shape index (κ3) is 4.81. The zero-order valence-corrected chi connectivity index (χ0v) is 17.5. The molecule has 0 saturated carbocycles. The van der Waals surface area contributed by atoms with E-state index in [9.17, 15) is 0 Å². The van der Waals surface area contributed by atoms with Gasteiger partial charge < -0.3 is 9.16 Å². The molecule has 0 spiro atoms. The summed E-state index contributed by atoms with van der Waals surface area (Å²) < 4.78 is 13.3. The first-order valence-corrected chi connectivity index (χ1v) is 12.3. The van der Waals surface area contributed by atoms with E-state index in [1.54, 1.807) is 0 Å². The Balaban J connectivity index is 2.92. The number of hydrogen-bond donors (Lipinski definition) is 0. The van der Waals surface area contributed by atoms with Crippen LogP contribution in [0.2, 0.25) is 18.1 Å². The zero-order valence-electron chi connectivity index (χ0n) is 16.5. The molecule has 1 rings (SSSR count). The van der Waals surface area contributed by atoms with E-state index in [-0.39, 0.29) is 17.2 Å². The van der Waals surface area contributed by atoms with E-state index in [0.29, 0.717) is 17.9 Å². The highest BCUT2D eigenvalue weighted by Gasteiger charge is 2.45. The second-order valence-corrected chi connectivity index (χ2v) is 13.7. The van der Waals surface area contributed by atoms with Gasteiger partial charge in [-0.3, -0.25) is 0 Å². The minimum atomic E-state index is -1.74. The third-order valence-electron chi connectivity index (χ3n) is 5.90. The van der Waals surface area contributed by atoms with Crippen molar-refractivity contribution in [3.63, 3.8) is 0 Å². The van der Waals surface area contributed by atoms with E-state index < -0.39 is 8.32 Å². The second-order valence-electron chi connectivity index (χ2n) is 8.94. The molecule has 3 heteroatoms. The van der Waals surface area contributed by atoms with Crippen LogP contribution >= 0.6 is 0 Å². The summed E-state index contributed by atoms with van der Waals surface area (Å²) in [7, 11) is -1.74. The van der Waals surface area contributed by atoms with Crippen molar-refractivity contribution < 1.29 is 9.16 Å². The molecular formula is C19H40O2Si. The van der Waals surface area contributed by atoms with Crippen molar-refractivity contribution in [3.05, 3.63) is 0 Å². The topological polar surface area (TPSA) is 18.5 Å². The molecule has 0 radical (unpaired) electrons. The second kappa shape index (κ2) is 7.81. The number of ether oxygens (including phenoxy) is 1. The van der Waals surface area contributed by atoms with Gasteiger partial charge in [0.05, 0.1) is 18.3 Å². The number of rotatable bonds is 6. The highest BCUT2D eigenvalue weighted by atomic mass is 28.4. The van der Waals surface area contributed by atoms with Crippen LogP contribution in [0.1, 0.15) is 74.1 Å². The first-order chi connectivity index (χ1) is 10.0. The molecule has 132 valence electrons. The van der Waals surface area contributed by atoms with Gasteiger partial charge in [-0.05, 0) is 49.2 Å². The zero-order chi connectivity index (χ0) is 17.1. The highest BCUT2D eigenvalue weighted by Crippen LogP contribution is 2.41. The molecule has 1 fully saturated rings. The summed E-state index contributed by atoms with van der Waals surface area (Å²) in [6, 6.07) is 0. The molecule has 0 bridgehead atoms. The molecule has 5 atom stereocenters. The van der Waals surface area contributed by atoms with E-state index in [1.807, 2.05) is 0 Å². The van der Waals surface area contributed by atoms with Gasteiger partial charge in [0.25, 0.3) is 0 Å². The summed E-state index contributed by atoms with van der Waals surface area (Å²) in [5.41, 5.74) is 0. The summed E-state index contributed by atoms with van der Waals surface area (Å²) in [5, 5.41) is 0.260. The Morgan fingerprint density at radius 3 is 2.27 bits per heavy atom. The summed E-state index contributed by atoms with van der Waals surface area (Å²) in [4.78, 5) is 0. The average molecular weight is 329 g/mol. The molecule has 0 aromatic rings. The maximum Gasteiger partial charge on any atom is 0.192 e. The van der Waals surface area contributed by atoms with Crippen LogP contribution in [-0.4, -0.2) is 26.6 Å². The van der Waals surface area contributed by atoms with Crippen molar-refractivity contribution in [2.24, 2.45) is 11.8 Å². The summed E-state index contributed by atoms with van der Waals surface area (Å²) >= 11 is 0. The molecule has 1 heterocycles. The van der Waals surface area contributed by atoms with Crippen molar-refractivity contribution in [2.75, 3.05) is 0 Å². The molecule has 0 unspecified atom stereocenters. The van der Waals surface area contributed by atoms with Gasteiger partial charge in [-0.2, -0.15) is 0 Å². The fourth-order valence-corrected chi connectivity index (χ4v) is 4.71. The van der Waals surface area contributed by atoms with E-state index in [4.69, 9.17) is 9.16 Å². The molecule has 0 aliphatic carbocycles. The average Bonchev–Trinajstić information content (AvgIpc) is 2.37. The molecule has 1 saturated heterocycles. The van der Waals surface area contributed by atoms with E-state index in [0.717, 1.165) is 12.8 Å². The SMILES string of the molecule is CCC[C@H](C)[C@@H]1O[C@H](CC)[C@H](C)C[C@@H]1O[Si](C)(C)C(C)(C)C. The van der Waals surface area contributed by atoms with Gasteiger partial charge in [0.2, 0.25) is 0 Å². The van der Waals surface area contributed by atoms with Gasteiger partial charge in [-0.15, -0.1) is 0 Å². The quantitative estimate of drug-likeness (QED) is 0.555. The fraction of sp³-hybridized carbons (Fsp3) is 1.00. The van der Waals surface area contributed by atoms with Crippen LogP contribution in [0.15, 0.2) is 0 Å². The molecule has 0 aromatic heterocycles. The van der Waals surface area contributed by atoms with Crippen molar-refractivity contribution in [1.29, 1.82) is 0 Å². The van der Waals surface area contributed by atoms with E-state index >= 15 is 0 Å². The lowest BCUT2D eigenvalue weighted by Gasteiger charge is -2.47. The molecule has 1 aliphatic rings. The van der Waals surface area contributed by atoms with Gasteiger partial charge in [-0.1, -0.05) is 54.9 Å². The van der Waals surface area contributed by atoms with Crippen LogP contribution in [0.5, 0.6) is 0 Å². The minimum absolute atomic E-state index is 0.260. The van der Waals surface area contributed by atoms with Crippen LogP contribution in [0.25, 0.3) is 0 Å². The maximum absolute atomic E-state index is 6.80. The lowest BCUT2D eigenvalue weighted by Crippen LogP contribution is -2.53. The van der Waals surface area contributed by atoms with Gasteiger partial charge in [0.15, 0.2) is 8.32 Å². The van der Waals surface area contributed by atoms with Crippen molar-refractivity contribution in [2.45, 2.75) is 111 Å². The molecule has 0 aromatic carbocycles. The molecule has 0 amide bonds. The van der Waals surface area contributed by atoms with Crippen LogP contribution in [0.3, 0.4) is 0 Å². The normalized spacial score (nSPS) is 32.0. The van der Waals surface area contributed by atoms with Crippen LogP contribution in [0.4, 0.5) is 0 Å². The predicted molar refractivity (Wildman–Crippen MR) is 98.9 cm³/mol. The summed E-state index contributed by atoms with van der Waals surface area (Å²) in [6.07, 6.45) is 5.68. The standard InChI is InChI=1S/C19H40O2Si/c1-10-12-14(3)18-17(13-15(4)16(11-2)20-18)21-22(8,9)19(5,6)7/h14-18H,10-13H2,1-9H3/t14-,15+,16+,17-,18-/m0/s1. The monoisotopic (exact) mass is 328 g/mol. The minimum Gasteiger partial charge on any atom is -0.411 e. The lowest BCUT2D eigenvalue weighted by atomic mass is 9.84. The van der Waals surface area contributed by atoms with E-state index in [2.05, 4.69) is 61.6 Å².